The van der Waals surface area contributed by atoms with Gasteiger partial charge in [-0.15, -0.1) is 0 Å². The molecule has 6 heteroatoms. The minimum absolute atomic E-state index is 0.0159. The van der Waals surface area contributed by atoms with Gasteiger partial charge in [0.2, 0.25) is 5.91 Å². The number of hydrogen-bond donors (Lipinski definition) is 2. The lowest BCUT2D eigenvalue weighted by atomic mass is 10.1. The molecular weight excluding hydrogens is 270 g/mol. The van der Waals surface area contributed by atoms with Crippen molar-refractivity contribution in [2.24, 2.45) is 5.73 Å². The van der Waals surface area contributed by atoms with Crippen LogP contribution in [0.5, 0.6) is 5.75 Å². The number of morpholine rings is 1. The quantitative estimate of drug-likeness (QED) is 0.835. The maximum Gasteiger partial charge on any atom is 0.238 e. The van der Waals surface area contributed by atoms with Gasteiger partial charge in [-0.3, -0.25) is 9.69 Å². The number of nitrogens with zero attached hydrogens (tertiary/aromatic N) is 1. The van der Waals surface area contributed by atoms with Gasteiger partial charge < -0.3 is 20.5 Å². The van der Waals surface area contributed by atoms with Gasteiger partial charge in [-0.25, -0.2) is 0 Å². The van der Waals surface area contributed by atoms with E-state index in [1.54, 1.807) is 7.11 Å². The predicted octanol–water partition coefficient (Wildman–Crippen LogP) is 0.682. The fourth-order valence-corrected chi connectivity index (χ4v) is 2.33. The molecule has 1 aromatic rings. The SMILES string of the molecule is COc1ccccc1NC(=O)CN1CCOC(C(C)N)C1. The van der Waals surface area contributed by atoms with E-state index < -0.39 is 0 Å². The summed E-state index contributed by atoms with van der Waals surface area (Å²) in [6.45, 7) is 4.27. The number of nitrogens with one attached hydrogen (secondary N) is 1. The van der Waals surface area contributed by atoms with E-state index in [-0.39, 0.29) is 18.1 Å². The van der Waals surface area contributed by atoms with Crippen molar-refractivity contribution >= 4 is 11.6 Å². The summed E-state index contributed by atoms with van der Waals surface area (Å²) in [7, 11) is 1.58. The molecule has 0 radical (unpaired) electrons. The summed E-state index contributed by atoms with van der Waals surface area (Å²) in [5.74, 6) is 0.589. The molecule has 1 aromatic carbocycles. The zero-order chi connectivity index (χ0) is 15.2. The van der Waals surface area contributed by atoms with Crippen LogP contribution in [0.2, 0.25) is 0 Å². The topological polar surface area (TPSA) is 76.8 Å². The average Bonchev–Trinajstić information content (AvgIpc) is 2.48. The number of carbonyl (C=O) groups is 1. The van der Waals surface area contributed by atoms with E-state index in [2.05, 4.69) is 10.2 Å². The Bertz CT molecular complexity index is 479. The molecule has 0 saturated carbocycles. The van der Waals surface area contributed by atoms with E-state index >= 15 is 0 Å². The van der Waals surface area contributed by atoms with Gasteiger partial charge >= 0.3 is 0 Å². The lowest BCUT2D eigenvalue weighted by molar-refractivity contribution is -0.119. The highest BCUT2D eigenvalue weighted by atomic mass is 16.5. The average molecular weight is 293 g/mol. The number of para-hydroxylation sites is 2. The monoisotopic (exact) mass is 293 g/mol. The molecule has 0 aliphatic carbocycles. The van der Waals surface area contributed by atoms with Crippen molar-refractivity contribution in [1.29, 1.82) is 0 Å². The number of anilines is 1. The van der Waals surface area contributed by atoms with Crippen LogP contribution < -0.4 is 15.8 Å². The molecule has 3 N–H and O–H groups in total. The van der Waals surface area contributed by atoms with Crippen molar-refractivity contribution in [1.82, 2.24) is 4.90 Å². The van der Waals surface area contributed by atoms with Crippen LogP contribution in [-0.2, 0) is 9.53 Å². The highest BCUT2D eigenvalue weighted by Gasteiger charge is 2.24. The molecule has 6 nitrogen and oxygen atoms in total. The zero-order valence-electron chi connectivity index (χ0n) is 12.5. The summed E-state index contributed by atoms with van der Waals surface area (Å²) in [5, 5.41) is 2.88. The van der Waals surface area contributed by atoms with Crippen LogP contribution in [-0.4, -0.2) is 56.3 Å². The molecule has 0 bridgehead atoms. The Morgan fingerprint density at radius 1 is 1.57 bits per heavy atom. The van der Waals surface area contributed by atoms with Crippen LogP contribution in [0.3, 0.4) is 0 Å². The Kier molecular flexibility index (Phi) is 5.55. The predicted molar refractivity (Wildman–Crippen MR) is 81.5 cm³/mol. The second kappa shape index (κ2) is 7.40. The van der Waals surface area contributed by atoms with Crippen LogP contribution >= 0.6 is 0 Å². The van der Waals surface area contributed by atoms with Crippen molar-refractivity contribution < 1.29 is 14.3 Å². The molecule has 0 aromatic heterocycles. The Morgan fingerprint density at radius 2 is 2.33 bits per heavy atom. The summed E-state index contributed by atoms with van der Waals surface area (Å²) in [5.41, 5.74) is 6.54. The van der Waals surface area contributed by atoms with E-state index in [1.165, 1.54) is 0 Å². The van der Waals surface area contributed by atoms with Gasteiger partial charge in [0.1, 0.15) is 5.75 Å². The van der Waals surface area contributed by atoms with Gasteiger partial charge in [-0.2, -0.15) is 0 Å². The smallest absolute Gasteiger partial charge is 0.238 e. The minimum Gasteiger partial charge on any atom is -0.495 e. The summed E-state index contributed by atoms with van der Waals surface area (Å²) < 4.78 is 10.8. The van der Waals surface area contributed by atoms with Crippen molar-refractivity contribution in [3.8, 4) is 5.75 Å². The third-order valence-corrected chi connectivity index (χ3v) is 3.51. The molecule has 2 unspecified atom stereocenters. The standard InChI is InChI=1S/C15H23N3O3/c1-11(16)14-9-18(7-8-21-14)10-15(19)17-12-5-3-4-6-13(12)20-2/h3-6,11,14H,7-10,16H2,1-2H3,(H,17,19). The Balaban J connectivity index is 1.89. The van der Waals surface area contributed by atoms with Crippen molar-refractivity contribution in [2.75, 3.05) is 38.7 Å². The first kappa shape index (κ1) is 15.8. The van der Waals surface area contributed by atoms with Gasteiger partial charge in [0.05, 0.1) is 32.1 Å². The largest absolute Gasteiger partial charge is 0.495 e. The lowest BCUT2D eigenvalue weighted by Gasteiger charge is -2.34. The Hall–Kier alpha value is -1.63. The number of rotatable bonds is 5. The van der Waals surface area contributed by atoms with Gasteiger partial charge in [-0.05, 0) is 19.1 Å². The molecule has 1 aliphatic heterocycles. The summed E-state index contributed by atoms with van der Waals surface area (Å²) in [4.78, 5) is 14.2. The summed E-state index contributed by atoms with van der Waals surface area (Å²) in [6.07, 6.45) is -0.0159. The first-order valence-electron chi connectivity index (χ1n) is 7.12. The Morgan fingerprint density at radius 3 is 3.05 bits per heavy atom. The summed E-state index contributed by atoms with van der Waals surface area (Å²) >= 11 is 0. The van der Waals surface area contributed by atoms with Crippen LogP contribution in [0.4, 0.5) is 5.69 Å². The molecule has 1 fully saturated rings. The lowest BCUT2D eigenvalue weighted by Crippen LogP contribution is -2.51. The molecule has 2 atom stereocenters. The normalized spacial score (nSPS) is 20.8. The fourth-order valence-electron chi connectivity index (χ4n) is 2.33. The maximum atomic E-state index is 12.1. The minimum atomic E-state index is -0.0650. The molecular formula is C15H23N3O3. The highest BCUT2D eigenvalue weighted by Crippen LogP contribution is 2.22. The van der Waals surface area contributed by atoms with Crippen molar-refractivity contribution in [3.63, 3.8) is 0 Å². The highest BCUT2D eigenvalue weighted by molar-refractivity contribution is 5.93. The zero-order valence-corrected chi connectivity index (χ0v) is 12.5. The van der Waals surface area contributed by atoms with E-state index in [4.69, 9.17) is 15.2 Å². The van der Waals surface area contributed by atoms with Crippen molar-refractivity contribution in [3.05, 3.63) is 24.3 Å². The van der Waals surface area contributed by atoms with E-state index in [9.17, 15) is 4.79 Å². The van der Waals surface area contributed by atoms with E-state index in [0.717, 1.165) is 6.54 Å². The first-order valence-corrected chi connectivity index (χ1v) is 7.12. The van der Waals surface area contributed by atoms with Gasteiger partial charge in [0.15, 0.2) is 0 Å². The van der Waals surface area contributed by atoms with E-state index in [1.807, 2.05) is 31.2 Å². The van der Waals surface area contributed by atoms with Crippen LogP contribution in [0, 0.1) is 0 Å². The number of carbonyl (C=O) groups excluding carboxylic acids is 1. The molecule has 2 rings (SSSR count). The molecule has 1 saturated heterocycles. The van der Waals surface area contributed by atoms with Gasteiger partial charge in [0.25, 0.3) is 0 Å². The molecule has 1 amide bonds. The second-order valence-corrected chi connectivity index (χ2v) is 5.25. The number of ether oxygens (including phenoxy) is 2. The summed E-state index contributed by atoms with van der Waals surface area (Å²) in [6, 6.07) is 7.32. The second-order valence-electron chi connectivity index (χ2n) is 5.25. The third-order valence-electron chi connectivity index (χ3n) is 3.51. The number of methoxy groups -OCH3 is 1. The number of benzene rings is 1. The van der Waals surface area contributed by atoms with Crippen LogP contribution in [0.1, 0.15) is 6.92 Å². The molecule has 116 valence electrons. The van der Waals surface area contributed by atoms with Crippen LogP contribution in [0.15, 0.2) is 24.3 Å². The van der Waals surface area contributed by atoms with Crippen molar-refractivity contribution in [2.45, 2.75) is 19.1 Å². The first-order chi connectivity index (χ1) is 10.1. The molecule has 1 aliphatic rings. The molecule has 21 heavy (non-hydrogen) atoms. The van der Waals surface area contributed by atoms with E-state index in [0.29, 0.717) is 31.1 Å². The third kappa shape index (κ3) is 4.42. The van der Waals surface area contributed by atoms with Crippen LogP contribution in [0.25, 0.3) is 0 Å². The van der Waals surface area contributed by atoms with Gasteiger partial charge in [0, 0.05) is 19.1 Å². The number of amides is 1. The molecule has 0 spiro atoms. The number of hydrogen-bond acceptors (Lipinski definition) is 5. The maximum absolute atomic E-state index is 12.1. The van der Waals surface area contributed by atoms with Gasteiger partial charge in [-0.1, -0.05) is 12.1 Å². The Labute approximate surface area is 125 Å². The molecule has 1 heterocycles. The number of nitrogens with two attached hydrogens (primary N) is 1. The fraction of sp³-hybridized carbons (Fsp3) is 0.533.